The Balaban J connectivity index is 0.000000247. The molecule has 0 saturated carbocycles. The number of pyridine rings is 2. The van der Waals surface area contributed by atoms with Gasteiger partial charge in [-0.1, -0.05) is 245 Å². The van der Waals surface area contributed by atoms with E-state index in [1.54, 1.807) is 48.5 Å². The van der Waals surface area contributed by atoms with Crippen LogP contribution in [0.5, 0.6) is 0 Å². The molecule has 0 amide bonds. The van der Waals surface area contributed by atoms with Crippen LogP contribution in [0, 0.1) is 6.07 Å². The summed E-state index contributed by atoms with van der Waals surface area (Å²) >= 11 is 3.25. The Labute approximate surface area is 728 Å². The molecule has 0 aliphatic heterocycles. The van der Waals surface area contributed by atoms with E-state index >= 15 is 0 Å². The third-order valence-electron chi connectivity index (χ3n) is 16.9. The van der Waals surface area contributed by atoms with E-state index in [1.807, 2.05) is 182 Å². The Kier molecular flexibility index (Phi) is 43.6. The molecule has 19 nitrogen and oxygen atoms in total. The number of imidazole rings is 3. The van der Waals surface area contributed by atoms with Crippen LogP contribution in [0.15, 0.2) is 382 Å². The molecule has 0 spiro atoms. The van der Waals surface area contributed by atoms with Gasteiger partial charge >= 0.3 is 54.1 Å². The first-order valence-electron chi connectivity index (χ1n) is 36.4. The molecule has 11 N–H and O–H groups in total. The van der Waals surface area contributed by atoms with Crippen LogP contribution in [0.3, 0.4) is 0 Å². The fraction of sp³-hybridized carbons (Fsp3) is 0.0638. The van der Waals surface area contributed by atoms with Crippen molar-refractivity contribution in [1.82, 2.24) is 43.5 Å². The van der Waals surface area contributed by atoms with Crippen molar-refractivity contribution in [3.63, 3.8) is 0 Å². The topological polar surface area (TPSA) is 307 Å². The van der Waals surface area contributed by atoms with Crippen molar-refractivity contribution in [3.05, 3.63) is 405 Å². The van der Waals surface area contributed by atoms with Crippen molar-refractivity contribution < 1.29 is 74.6 Å². The number of para-hydroxylation sites is 12. The molecule has 0 fully saturated rings. The summed E-state index contributed by atoms with van der Waals surface area (Å²) in [6.07, 6.45) is 2.90. The number of benzene rings is 12. The summed E-state index contributed by atoms with van der Waals surface area (Å²) in [6, 6.07) is 124. The van der Waals surface area contributed by atoms with Crippen LogP contribution in [-0.2, 0) is 33.6 Å². The number of rotatable bonds is 14. The fourth-order valence-electron chi connectivity index (χ4n) is 11.4. The number of halogens is 4. The van der Waals surface area contributed by atoms with Gasteiger partial charge in [0, 0.05) is 71.9 Å². The molecule has 0 aliphatic carbocycles. The summed E-state index contributed by atoms with van der Waals surface area (Å²) in [5.74, 6) is 0.889. The van der Waals surface area contributed by atoms with Crippen LogP contribution >= 0.6 is 40.4 Å². The molecule has 12 aromatic carbocycles. The second kappa shape index (κ2) is 53.2. The second-order valence-electron chi connectivity index (χ2n) is 24.3. The number of carbonyl (C=O) groups excluding carboxylic acids is 1. The van der Waals surface area contributed by atoms with Crippen LogP contribution in [0.25, 0.3) is 84.3 Å². The predicted octanol–water partition coefficient (Wildman–Crippen LogP) is 21.5. The van der Waals surface area contributed by atoms with E-state index < -0.39 is 30.6 Å². The maximum absolute atomic E-state index is 10.4. The minimum Gasteiger partial charge on any atom is -0.333 e. The van der Waals surface area contributed by atoms with Crippen molar-refractivity contribution in [2.24, 2.45) is 0 Å². The van der Waals surface area contributed by atoms with Gasteiger partial charge in [0.2, 0.25) is 0 Å². The summed E-state index contributed by atoms with van der Waals surface area (Å²) in [5, 5.41) is 19.5. The maximum Gasteiger partial charge on any atom is 0.145 e. The molecule has 0 aliphatic rings. The third-order valence-corrected chi connectivity index (χ3v) is 17.1. The van der Waals surface area contributed by atoms with Gasteiger partial charge in [0.1, 0.15) is 23.0 Å². The summed E-state index contributed by atoms with van der Waals surface area (Å²) in [5.41, 5.74) is 22.3. The van der Waals surface area contributed by atoms with E-state index in [9.17, 15) is 14.4 Å². The molecule has 17 aromatic rings. The third kappa shape index (κ3) is 30.4. The quantitative estimate of drug-likeness (QED) is 0.0448. The number of carboxylic acid groups (broad SMARTS) is 2. The molecule has 5 heterocycles. The molecule has 5 aromatic heterocycles. The van der Waals surface area contributed by atoms with Gasteiger partial charge in [-0.25, -0.2) is 29.5 Å². The average molecular weight is 2030 g/mol. The number of aromatic carboxylic acids is 2. The summed E-state index contributed by atoms with van der Waals surface area (Å²) < 4.78 is 6.61. The molecule has 0 atom stereocenters. The van der Waals surface area contributed by atoms with Gasteiger partial charge in [-0.3, -0.25) is 18.9 Å². The van der Waals surface area contributed by atoms with Gasteiger partial charge in [-0.2, -0.15) is 0 Å². The van der Waals surface area contributed by atoms with E-state index in [4.69, 9.17) is 71.3 Å². The number of nitrogen functional groups attached to an aromatic ring is 1. The number of fused-ring (bicyclic) bond motifs is 3. The Morgan fingerprint density at radius 3 is 1.03 bits per heavy atom. The largest absolute Gasteiger partial charge is 0.333 e. The van der Waals surface area contributed by atoms with Gasteiger partial charge in [0.25, 0.3) is 5.24 Å². The molecule has 0 saturated heterocycles. The van der Waals surface area contributed by atoms with Gasteiger partial charge in [0.05, 0.1) is 50.3 Å². The number of hydrogen-bond acceptors (Lipinski definition) is 11. The monoisotopic (exact) mass is 2030 g/mol. The first kappa shape index (κ1) is 97.4. The molecule has 119 heavy (non-hydrogen) atoms. The molecule has 25 heteroatoms. The minimum atomic E-state index is -1.92. The van der Waals surface area contributed by atoms with E-state index in [2.05, 4.69) is 188 Å². The Morgan fingerprint density at radius 2 is 0.714 bits per heavy atom. The number of hydrogen-bond donors (Lipinski definition) is 4. The normalized spacial score (nSPS) is 9.90. The van der Waals surface area contributed by atoms with Crippen molar-refractivity contribution in [2.45, 2.75) is 20.8 Å². The van der Waals surface area contributed by atoms with E-state index in [1.165, 1.54) is 44.2 Å². The smallest absolute Gasteiger partial charge is 0.145 e. The first-order chi connectivity index (χ1) is 56.1. The molecular weight excluding hydrogens is 1940 g/mol. The zero-order valence-electron chi connectivity index (χ0n) is 64.9. The van der Waals surface area contributed by atoms with Gasteiger partial charge in [-0.05, 0) is 153 Å². The molecule has 0 bridgehead atoms. The number of nitrogens with zero attached hydrogens (tertiary/aromatic N) is 9. The fourth-order valence-corrected chi connectivity index (χ4v) is 11.5. The minimum absolute atomic E-state index is 0. The van der Waals surface area contributed by atoms with E-state index in [-0.39, 0.29) is 47.9 Å². The van der Waals surface area contributed by atoms with Crippen molar-refractivity contribution in [3.8, 4) is 51.2 Å². The van der Waals surface area contributed by atoms with Crippen LogP contribution in [-0.4, -0.2) is 107 Å². The number of nitrogens with two attached hydrogens (primary N) is 1. The number of aromatic nitrogens is 8. The standard InChI is InChI=1S/2C19H14N2.C19H13N2.C12H12N2.C7H5ClO.2C6H5NO2.C6H15N.3ClH.2Ir.3H2O/c3*1-3-9-15(10-4-1)19-20-17-13-7-8-14-18(17)21(19)16-11-5-2-6-12-16;13-11-8-4-5-9-12(11)14-10-6-2-1-3-7-10;8-7(9)6-4-2-1-3-5-6;2*8-6(9)5-3-1-2-4-7-5;1-4-7(5-2)6-3;;;;;;;;/h2*1-14H;1-9,11-14H;1-9,14H,13H2;1-5H;2*1-4H,(H,8,9);4-6H2,1-3H3;3*1H;;;3*1H2/q;;-1;;;;;;;;;;+3;;;/p-3. The van der Waals surface area contributed by atoms with E-state index in [0.29, 0.717) is 5.56 Å². The van der Waals surface area contributed by atoms with Gasteiger partial charge < -0.3 is 47.2 Å². The van der Waals surface area contributed by atoms with E-state index in [0.717, 1.165) is 101 Å². The maximum atomic E-state index is 10.4. The Hall–Kier alpha value is -12.1. The molecule has 615 valence electrons. The Morgan fingerprint density at radius 1 is 0.403 bits per heavy atom. The zero-order chi connectivity index (χ0) is 81.4. The van der Waals surface area contributed by atoms with Crippen molar-refractivity contribution >= 4 is 108 Å². The number of carbonyl (C=O) groups is 3. The van der Waals surface area contributed by atoms with Gasteiger partial charge in [0.15, 0.2) is 0 Å². The van der Waals surface area contributed by atoms with Crippen LogP contribution < -0.4 is 11.1 Å². The zero-order valence-corrected chi connectivity index (χ0v) is 72.7. The first-order valence-corrected chi connectivity index (χ1v) is 45.7. The second-order valence-corrected chi connectivity index (χ2v) is 35.0. The molecular formula is C94H89Cl4Ir2N11O8-. The SMILES string of the molecule is CCN(CC)CC.Nc1ccccc1Nc1ccccc1.O.O.O.O=C(Cl)c1ccccc1.O=C(O)c1ccccn1.O=C(O)c1ccccn1.[Cl][Ir]([Cl])[Cl].[Ir].[c-]1ccccc1-c1nc2ccccc2n1-c1ccccc1.c1ccc(-c2nc3ccccc3n2-c2ccccc2)cc1.c1ccc(-c2nc3ccccc3n2-c2ccccc2)cc1. The van der Waals surface area contributed by atoms with Crippen molar-refractivity contribution in [2.75, 3.05) is 30.7 Å². The Bertz CT molecular complexity index is 5230. The molecule has 0 unspecified atom stereocenters. The van der Waals surface area contributed by atoms with Crippen LogP contribution in [0.4, 0.5) is 17.1 Å². The summed E-state index contributed by atoms with van der Waals surface area (Å²) in [7, 11) is 14.9. The summed E-state index contributed by atoms with van der Waals surface area (Å²) in [6.45, 7) is 10.1. The number of carboxylic acids is 2. The average Bonchev–Trinajstić information content (AvgIpc) is 1.64. The van der Waals surface area contributed by atoms with Crippen molar-refractivity contribution in [1.29, 1.82) is 0 Å². The predicted molar refractivity (Wildman–Crippen MR) is 480 cm³/mol. The number of nitrogens with one attached hydrogen (secondary N) is 1. The number of anilines is 3. The molecule has 17 rings (SSSR count). The van der Waals surface area contributed by atoms with Crippen LogP contribution in [0.1, 0.15) is 52.1 Å². The van der Waals surface area contributed by atoms with Crippen LogP contribution in [0.2, 0.25) is 0 Å². The molecule has 1 radical (unpaired) electrons. The summed E-state index contributed by atoms with van der Waals surface area (Å²) in [4.78, 5) is 54.7. The van der Waals surface area contributed by atoms with Gasteiger partial charge in [-0.15, -0.1) is 35.9 Å².